The van der Waals surface area contributed by atoms with Gasteiger partial charge in [0, 0.05) is 11.6 Å². The van der Waals surface area contributed by atoms with E-state index < -0.39 is 17.5 Å². The third-order valence-corrected chi connectivity index (χ3v) is 1.95. The average Bonchev–Trinajstić information content (AvgIpc) is 2.33. The smallest absolute Gasteiger partial charge is 0.341 e. The van der Waals surface area contributed by atoms with E-state index in [9.17, 15) is 14.9 Å². The van der Waals surface area contributed by atoms with Gasteiger partial charge in [0.1, 0.15) is 0 Å². The number of carboxylic acids is 1. The lowest BCUT2D eigenvalue weighted by molar-refractivity contribution is -0.385. The number of rotatable bonds is 6. The Bertz CT molecular complexity index is 482. The normalized spacial score (nSPS) is 10.3. The van der Waals surface area contributed by atoms with Gasteiger partial charge in [-0.2, -0.15) is 0 Å². The zero-order valence-electron chi connectivity index (χ0n) is 9.53. The van der Waals surface area contributed by atoms with Crippen LogP contribution in [-0.4, -0.2) is 29.7 Å². The molecule has 0 spiro atoms. The molecule has 1 rings (SSSR count). The van der Waals surface area contributed by atoms with Crippen molar-refractivity contribution >= 4 is 17.7 Å². The van der Waals surface area contributed by atoms with Crippen molar-refractivity contribution in [2.75, 3.05) is 13.7 Å². The molecule has 96 valence electrons. The lowest BCUT2D eigenvalue weighted by Gasteiger charge is -2.07. The number of hydrogen-bond acceptors (Lipinski definition) is 5. The van der Waals surface area contributed by atoms with Crippen LogP contribution in [0.2, 0.25) is 0 Å². The maximum Gasteiger partial charge on any atom is 0.341 e. The Labute approximate surface area is 102 Å². The van der Waals surface area contributed by atoms with Crippen molar-refractivity contribution in [2.45, 2.75) is 0 Å². The first-order valence-electron chi connectivity index (χ1n) is 4.87. The van der Waals surface area contributed by atoms with E-state index in [0.29, 0.717) is 5.56 Å². The van der Waals surface area contributed by atoms with Crippen molar-refractivity contribution in [3.05, 3.63) is 40.1 Å². The zero-order valence-corrected chi connectivity index (χ0v) is 9.53. The molecule has 0 amide bonds. The molecule has 1 aromatic rings. The molecule has 7 heteroatoms. The highest BCUT2D eigenvalue weighted by Gasteiger charge is 2.18. The third kappa shape index (κ3) is 3.48. The van der Waals surface area contributed by atoms with E-state index in [0.717, 1.165) is 0 Å². The van der Waals surface area contributed by atoms with Crippen LogP contribution in [0.3, 0.4) is 0 Å². The number of methoxy groups -OCH3 is 1. The summed E-state index contributed by atoms with van der Waals surface area (Å²) in [5.74, 6) is -1.31. The Morgan fingerprint density at radius 1 is 1.56 bits per heavy atom. The summed E-state index contributed by atoms with van der Waals surface area (Å²) < 4.78 is 9.64. The van der Waals surface area contributed by atoms with Gasteiger partial charge in [0.15, 0.2) is 6.61 Å². The SMILES string of the molecule is CO/C=C/c1cccc([N+](=O)[O-])c1OCC(=O)O. The second kappa shape index (κ2) is 6.24. The second-order valence-electron chi connectivity index (χ2n) is 3.17. The number of nitro benzene ring substituents is 1. The summed E-state index contributed by atoms with van der Waals surface area (Å²) in [7, 11) is 1.42. The van der Waals surface area contributed by atoms with Crippen LogP contribution in [0.15, 0.2) is 24.5 Å². The van der Waals surface area contributed by atoms with Crippen LogP contribution in [0, 0.1) is 10.1 Å². The van der Waals surface area contributed by atoms with Crippen molar-refractivity contribution in [3.8, 4) is 5.75 Å². The molecule has 1 aromatic carbocycles. The molecule has 0 atom stereocenters. The highest BCUT2D eigenvalue weighted by Crippen LogP contribution is 2.31. The summed E-state index contributed by atoms with van der Waals surface area (Å²) in [4.78, 5) is 20.6. The molecule has 18 heavy (non-hydrogen) atoms. The molecule has 7 nitrogen and oxygen atoms in total. The predicted molar refractivity (Wildman–Crippen MR) is 62.3 cm³/mol. The first-order valence-corrected chi connectivity index (χ1v) is 4.87. The van der Waals surface area contributed by atoms with Crippen LogP contribution in [0.5, 0.6) is 5.75 Å². The molecule has 0 radical (unpaired) electrons. The Morgan fingerprint density at radius 2 is 2.28 bits per heavy atom. The molecule has 0 aliphatic carbocycles. The monoisotopic (exact) mass is 253 g/mol. The van der Waals surface area contributed by atoms with Gasteiger partial charge in [-0.25, -0.2) is 4.79 Å². The highest BCUT2D eigenvalue weighted by atomic mass is 16.6. The minimum absolute atomic E-state index is 0.0989. The second-order valence-corrected chi connectivity index (χ2v) is 3.17. The van der Waals surface area contributed by atoms with Crippen LogP contribution in [0.4, 0.5) is 5.69 Å². The van der Waals surface area contributed by atoms with Gasteiger partial charge in [-0.3, -0.25) is 10.1 Å². The van der Waals surface area contributed by atoms with Crippen molar-refractivity contribution in [1.82, 2.24) is 0 Å². The topological polar surface area (TPSA) is 98.9 Å². The number of ether oxygens (including phenoxy) is 2. The van der Waals surface area contributed by atoms with E-state index in [1.807, 2.05) is 0 Å². The Balaban J connectivity index is 3.16. The van der Waals surface area contributed by atoms with E-state index >= 15 is 0 Å². The molecule has 0 bridgehead atoms. The summed E-state index contributed by atoms with van der Waals surface area (Å²) in [5.41, 5.74) is 0.0711. The third-order valence-electron chi connectivity index (χ3n) is 1.95. The summed E-state index contributed by atoms with van der Waals surface area (Å²) in [5, 5.41) is 19.3. The van der Waals surface area contributed by atoms with E-state index in [1.54, 1.807) is 6.07 Å². The van der Waals surface area contributed by atoms with Crippen LogP contribution in [-0.2, 0) is 9.53 Å². The standard InChI is InChI=1S/C11H11NO6/c1-17-6-5-8-3-2-4-9(12(15)16)11(8)18-7-10(13)14/h2-6H,7H2,1H3,(H,13,14)/b6-5+. The summed E-state index contributed by atoms with van der Waals surface area (Å²) >= 11 is 0. The van der Waals surface area contributed by atoms with Gasteiger partial charge in [-0.15, -0.1) is 0 Å². The van der Waals surface area contributed by atoms with Crippen molar-refractivity contribution in [2.24, 2.45) is 0 Å². The summed E-state index contributed by atoms with van der Waals surface area (Å²) in [6.45, 7) is -0.654. The molecule has 0 aliphatic rings. The molecular weight excluding hydrogens is 242 g/mol. The van der Waals surface area contributed by atoms with Gasteiger partial charge in [-0.1, -0.05) is 12.1 Å². The zero-order chi connectivity index (χ0) is 13.5. The molecule has 0 heterocycles. The highest BCUT2D eigenvalue weighted by molar-refractivity contribution is 5.70. The molecule has 0 aliphatic heterocycles. The number of hydrogen-bond donors (Lipinski definition) is 1. The van der Waals surface area contributed by atoms with Gasteiger partial charge in [0.2, 0.25) is 5.75 Å². The predicted octanol–water partition coefficient (Wildman–Crippen LogP) is 1.68. The van der Waals surface area contributed by atoms with E-state index in [2.05, 4.69) is 0 Å². The van der Waals surface area contributed by atoms with Crippen LogP contribution >= 0.6 is 0 Å². The number of carboxylic acid groups (broad SMARTS) is 1. The van der Waals surface area contributed by atoms with Crippen molar-refractivity contribution in [3.63, 3.8) is 0 Å². The van der Waals surface area contributed by atoms with Crippen molar-refractivity contribution < 1.29 is 24.3 Å². The fraction of sp³-hybridized carbons (Fsp3) is 0.182. The van der Waals surface area contributed by atoms with Crippen molar-refractivity contribution in [1.29, 1.82) is 0 Å². The van der Waals surface area contributed by atoms with Gasteiger partial charge < -0.3 is 14.6 Å². The average molecular weight is 253 g/mol. The van der Waals surface area contributed by atoms with Gasteiger partial charge >= 0.3 is 11.7 Å². The number of nitro groups is 1. The first kappa shape index (κ1) is 13.5. The number of para-hydroxylation sites is 1. The van der Waals surface area contributed by atoms with Crippen LogP contribution < -0.4 is 4.74 Å². The van der Waals surface area contributed by atoms with Crippen LogP contribution in [0.25, 0.3) is 6.08 Å². The number of aliphatic carboxylic acids is 1. The quantitative estimate of drug-likeness (QED) is 0.470. The molecule has 0 saturated carbocycles. The molecule has 0 unspecified atom stereocenters. The van der Waals surface area contributed by atoms with E-state index in [1.165, 1.54) is 31.6 Å². The number of benzene rings is 1. The van der Waals surface area contributed by atoms with Gasteiger partial charge in [-0.05, 0) is 6.08 Å². The van der Waals surface area contributed by atoms with E-state index in [-0.39, 0.29) is 11.4 Å². The summed E-state index contributed by atoms with van der Waals surface area (Å²) in [6, 6.07) is 4.27. The largest absolute Gasteiger partial charge is 0.504 e. The van der Waals surface area contributed by atoms with E-state index in [4.69, 9.17) is 14.6 Å². The molecular formula is C11H11NO6. The fourth-order valence-electron chi connectivity index (χ4n) is 1.25. The maximum absolute atomic E-state index is 10.8. The molecule has 1 N–H and O–H groups in total. The maximum atomic E-state index is 10.8. The fourth-order valence-corrected chi connectivity index (χ4v) is 1.25. The lowest BCUT2D eigenvalue weighted by Crippen LogP contribution is -2.11. The minimum atomic E-state index is -1.21. The lowest BCUT2D eigenvalue weighted by atomic mass is 10.1. The van der Waals surface area contributed by atoms with Crippen LogP contribution in [0.1, 0.15) is 5.56 Å². The molecule has 0 aromatic heterocycles. The Kier molecular flexibility index (Phi) is 4.67. The Hall–Kier alpha value is -2.57. The first-order chi connectivity index (χ1) is 8.56. The Morgan fingerprint density at radius 3 is 2.83 bits per heavy atom. The van der Waals surface area contributed by atoms with Gasteiger partial charge in [0.25, 0.3) is 0 Å². The minimum Gasteiger partial charge on any atom is -0.504 e. The van der Waals surface area contributed by atoms with Gasteiger partial charge in [0.05, 0.1) is 18.3 Å². The molecule has 0 saturated heterocycles. The molecule has 0 fully saturated rings. The number of carbonyl (C=O) groups is 1. The summed E-state index contributed by atoms with van der Waals surface area (Å²) in [6.07, 6.45) is 2.76. The number of nitrogens with zero attached hydrogens (tertiary/aromatic N) is 1.